The van der Waals surface area contributed by atoms with E-state index in [0.717, 1.165) is 23.6 Å². The first-order valence-electron chi connectivity index (χ1n) is 8.92. The summed E-state index contributed by atoms with van der Waals surface area (Å²) in [5, 5.41) is 8.84. The number of sulfonamides is 1. The number of amides is 1. The quantitative estimate of drug-likeness (QED) is 0.738. The molecule has 27 heavy (non-hydrogen) atoms. The van der Waals surface area contributed by atoms with Crippen molar-refractivity contribution in [1.29, 1.82) is 5.26 Å². The molecule has 2 heterocycles. The third-order valence-electron chi connectivity index (χ3n) is 4.88. The van der Waals surface area contributed by atoms with Gasteiger partial charge in [-0.2, -0.15) is 9.57 Å². The highest BCUT2D eigenvalue weighted by molar-refractivity contribution is 7.89. The van der Waals surface area contributed by atoms with Gasteiger partial charge in [0.15, 0.2) is 6.29 Å². The van der Waals surface area contributed by atoms with Crippen LogP contribution < -0.4 is 0 Å². The van der Waals surface area contributed by atoms with Crippen LogP contribution in [0.3, 0.4) is 0 Å². The number of piperidine rings is 1. The first kappa shape index (κ1) is 19.8. The molecule has 2 fully saturated rings. The SMILES string of the molecule is CN(CC(=O)N1CCCCC1C1OCCO1)S(=O)(=O)c1ccc(C#N)cc1. The highest BCUT2D eigenvalue weighted by Crippen LogP contribution is 2.25. The number of nitrogens with zero attached hydrogens (tertiary/aromatic N) is 3. The van der Waals surface area contributed by atoms with Crippen molar-refractivity contribution in [3.63, 3.8) is 0 Å². The molecule has 0 spiro atoms. The number of likely N-dealkylation sites (N-methyl/N-ethyl adjacent to an activating group) is 1. The summed E-state index contributed by atoms with van der Waals surface area (Å²) >= 11 is 0. The highest BCUT2D eigenvalue weighted by Gasteiger charge is 2.37. The molecule has 1 aromatic carbocycles. The van der Waals surface area contributed by atoms with Crippen molar-refractivity contribution in [2.45, 2.75) is 36.5 Å². The van der Waals surface area contributed by atoms with Gasteiger partial charge in [0, 0.05) is 13.6 Å². The molecule has 1 amide bonds. The van der Waals surface area contributed by atoms with E-state index in [9.17, 15) is 13.2 Å². The zero-order valence-electron chi connectivity index (χ0n) is 15.2. The fourth-order valence-electron chi connectivity index (χ4n) is 3.40. The molecule has 8 nitrogen and oxygen atoms in total. The molecule has 0 saturated carbocycles. The molecule has 146 valence electrons. The second kappa shape index (κ2) is 8.35. The van der Waals surface area contributed by atoms with Crippen LogP contribution in [-0.4, -0.2) is 69.2 Å². The number of carbonyl (C=O) groups excluding carboxylic acids is 1. The number of hydrogen-bond acceptors (Lipinski definition) is 6. The number of carbonyl (C=O) groups is 1. The summed E-state index contributed by atoms with van der Waals surface area (Å²) in [5.74, 6) is -0.265. The standard InChI is InChI=1S/C18H23N3O5S/c1-20(27(23,24)15-7-5-14(12-19)6-8-15)13-17(22)21-9-3-2-4-16(21)18-25-10-11-26-18/h5-8,16,18H,2-4,9-11,13H2,1H3. The van der Waals surface area contributed by atoms with E-state index in [1.54, 1.807) is 4.90 Å². The minimum absolute atomic E-state index is 0.0504. The van der Waals surface area contributed by atoms with Gasteiger partial charge in [-0.25, -0.2) is 8.42 Å². The van der Waals surface area contributed by atoms with E-state index in [4.69, 9.17) is 14.7 Å². The summed E-state index contributed by atoms with van der Waals surface area (Å²) in [5.41, 5.74) is 0.375. The molecule has 2 aliphatic heterocycles. The molecule has 0 radical (unpaired) electrons. The Labute approximate surface area is 159 Å². The monoisotopic (exact) mass is 393 g/mol. The number of ether oxygens (including phenoxy) is 2. The Bertz CT molecular complexity index is 812. The average molecular weight is 393 g/mol. The van der Waals surface area contributed by atoms with E-state index in [0.29, 0.717) is 25.3 Å². The van der Waals surface area contributed by atoms with E-state index >= 15 is 0 Å². The Morgan fingerprint density at radius 3 is 2.56 bits per heavy atom. The van der Waals surface area contributed by atoms with Crippen molar-refractivity contribution >= 4 is 15.9 Å². The molecule has 1 unspecified atom stereocenters. The summed E-state index contributed by atoms with van der Waals surface area (Å²) < 4.78 is 37.6. The van der Waals surface area contributed by atoms with Crippen LogP contribution in [0.1, 0.15) is 24.8 Å². The van der Waals surface area contributed by atoms with Crippen molar-refractivity contribution in [2.24, 2.45) is 0 Å². The summed E-state index contributed by atoms with van der Waals surface area (Å²) in [4.78, 5) is 14.6. The number of hydrogen-bond donors (Lipinski definition) is 0. The van der Waals surface area contributed by atoms with Gasteiger partial charge in [0.25, 0.3) is 0 Å². The number of nitriles is 1. The van der Waals surface area contributed by atoms with Gasteiger partial charge in [0.2, 0.25) is 15.9 Å². The Balaban J connectivity index is 1.70. The number of rotatable bonds is 5. The second-order valence-electron chi connectivity index (χ2n) is 6.66. The first-order chi connectivity index (χ1) is 12.9. The molecule has 3 rings (SSSR count). The zero-order chi connectivity index (χ0) is 19.4. The largest absolute Gasteiger partial charge is 0.348 e. The third-order valence-corrected chi connectivity index (χ3v) is 6.70. The Morgan fingerprint density at radius 1 is 1.26 bits per heavy atom. The predicted octanol–water partition coefficient (Wildman–Crippen LogP) is 0.933. The Morgan fingerprint density at radius 2 is 1.93 bits per heavy atom. The lowest BCUT2D eigenvalue weighted by Crippen LogP contribution is -2.53. The van der Waals surface area contributed by atoms with Gasteiger partial charge in [-0.15, -0.1) is 0 Å². The molecule has 9 heteroatoms. The lowest BCUT2D eigenvalue weighted by Gasteiger charge is -2.38. The molecule has 0 bridgehead atoms. The van der Waals surface area contributed by atoms with Crippen LogP contribution in [-0.2, 0) is 24.3 Å². The van der Waals surface area contributed by atoms with E-state index in [1.807, 2.05) is 6.07 Å². The second-order valence-corrected chi connectivity index (χ2v) is 8.70. The van der Waals surface area contributed by atoms with E-state index in [2.05, 4.69) is 0 Å². The maximum atomic E-state index is 12.8. The van der Waals surface area contributed by atoms with Crippen molar-refractivity contribution < 1.29 is 22.7 Å². The number of likely N-dealkylation sites (tertiary alicyclic amines) is 1. The van der Waals surface area contributed by atoms with Crippen LogP contribution in [0.5, 0.6) is 0 Å². The van der Waals surface area contributed by atoms with Crippen LogP contribution in [0.25, 0.3) is 0 Å². The van der Waals surface area contributed by atoms with Gasteiger partial charge in [-0.05, 0) is 43.5 Å². The lowest BCUT2D eigenvalue weighted by atomic mass is 10.0. The normalized spacial score (nSPS) is 21.4. The molecule has 0 aliphatic carbocycles. The van der Waals surface area contributed by atoms with Crippen molar-refractivity contribution in [3.8, 4) is 6.07 Å². The summed E-state index contributed by atoms with van der Waals surface area (Å²) in [7, 11) is -2.44. The highest BCUT2D eigenvalue weighted by atomic mass is 32.2. The maximum Gasteiger partial charge on any atom is 0.243 e. The summed E-state index contributed by atoms with van der Waals surface area (Å²) in [6.45, 7) is 1.33. The molecule has 1 atom stereocenters. The molecule has 1 aromatic rings. The third kappa shape index (κ3) is 4.30. The van der Waals surface area contributed by atoms with Gasteiger partial charge >= 0.3 is 0 Å². The minimum atomic E-state index is -3.82. The van der Waals surface area contributed by atoms with E-state index in [-0.39, 0.29) is 23.4 Å². The smallest absolute Gasteiger partial charge is 0.243 e. The van der Waals surface area contributed by atoms with Crippen molar-refractivity contribution in [2.75, 3.05) is 33.4 Å². The predicted molar refractivity (Wildman–Crippen MR) is 96.0 cm³/mol. The Kier molecular flexibility index (Phi) is 6.11. The topological polar surface area (TPSA) is 99.9 Å². The van der Waals surface area contributed by atoms with E-state index < -0.39 is 16.3 Å². The molecule has 2 saturated heterocycles. The van der Waals surface area contributed by atoms with Gasteiger partial charge in [0.05, 0.1) is 42.3 Å². The van der Waals surface area contributed by atoms with Crippen LogP contribution in [0.4, 0.5) is 0 Å². The maximum absolute atomic E-state index is 12.8. The van der Waals surface area contributed by atoms with Gasteiger partial charge in [-0.1, -0.05) is 0 Å². The summed E-state index contributed by atoms with van der Waals surface area (Å²) in [6.07, 6.45) is 2.20. The molecule has 0 aromatic heterocycles. The zero-order valence-corrected chi connectivity index (χ0v) is 16.0. The average Bonchev–Trinajstić information content (AvgIpc) is 3.22. The molecule has 0 N–H and O–H groups in total. The van der Waals surface area contributed by atoms with Crippen molar-refractivity contribution in [1.82, 2.24) is 9.21 Å². The van der Waals surface area contributed by atoms with Crippen LogP contribution >= 0.6 is 0 Å². The van der Waals surface area contributed by atoms with Crippen LogP contribution in [0.2, 0.25) is 0 Å². The van der Waals surface area contributed by atoms with Crippen LogP contribution in [0, 0.1) is 11.3 Å². The lowest BCUT2D eigenvalue weighted by molar-refractivity contribution is -0.150. The van der Waals surface area contributed by atoms with Gasteiger partial charge in [0.1, 0.15) is 0 Å². The Hall–Kier alpha value is -1.99. The van der Waals surface area contributed by atoms with Gasteiger partial charge < -0.3 is 14.4 Å². The van der Waals surface area contributed by atoms with Gasteiger partial charge in [-0.3, -0.25) is 4.79 Å². The minimum Gasteiger partial charge on any atom is -0.348 e. The molecule has 2 aliphatic rings. The molecular formula is C18H23N3O5S. The van der Waals surface area contributed by atoms with Crippen LogP contribution in [0.15, 0.2) is 29.2 Å². The summed E-state index contributed by atoms with van der Waals surface area (Å²) in [6, 6.07) is 7.40. The first-order valence-corrected chi connectivity index (χ1v) is 10.4. The number of benzene rings is 1. The van der Waals surface area contributed by atoms with E-state index in [1.165, 1.54) is 31.3 Å². The fraction of sp³-hybridized carbons (Fsp3) is 0.556. The molecular weight excluding hydrogens is 370 g/mol. The van der Waals surface area contributed by atoms with Crippen molar-refractivity contribution in [3.05, 3.63) is 29.8 Å². The fourth-order valence-corrected chi connectivity index (χ4v) is 4.52.